The quantitative estimate of drug-likeness (QED) is 0.635. The van der Waals surface area contributed by atoms with Crippen molar-refractivity contribution >= 4 is 17.8 Å². The lowest BCUT2D eigenvalue weighted by atomic mass is 9.93. The fourth-order valence-corrected chi connectivity index (χ4v) is 3.31. The van der Waals surface area contributed by atoms with E-state index in [2.05, 4.69) is 5.32 Å². The van der Waals surface area contributed by atoms with Crippen LogP contribution in [0, 0.1) is 5.92 Å². The van der Waals surface area contributed by atoms with E-state index in [1.807, 2.05) is 30.3 Å². The highest BCUT2D eigenvalue weighted by Gasteiger charge is 2.49. The molecular weight excluding hydrogens is 284 g/mol. The fraction of sp³-hybridized carbons (Fsp3) is 0.438. The summed E-state index contributed by atoms with van der Waals surface area (Å²) >= 11 is 0. The lowest BCUT2D eigenvalue weighted by Gasteiger charge is -2.36. The maximum atomic E-state index is 12.3. The first-order valence-corrected chi connectivity index (χ1v) is 7.31. The van der Waals surface area contributed by atoms with Gasteiger partial charge in [-0.1, -0.05) is 30.3 Å². The van der Waals surface area contributed by atoms with Gasteiger partial charge in [0.15, 0.2) is 0 Å². The molecular formula is C16H18N2O4. The minimum atomic E-state index is -0.791. The van der Waals surface area contributed by atoms with E-state index in [0.29, 0.717) is 12.8 Å². The van der Waals surface area contributed by atoms with Gasteiger partial charge in [0.1, 0.15) is 5.92 Å². The third-order valence-electron chi connectivity index (χ3n) is 4.37. The molecule has 2 saturated heterocycles. The minimum Gasteiger partial charge on any atom is -0.468 e. The van der Waals surface area contributed by atoms with Crippen molar-refractivity contribution in [3.8, 4) is 0 Å². The van der Waals surface area contributed by atoms with E-state index < -0.39 is 11.9 Å². The van der Waals surface area contributed by atoms with Gasteiger partial charge in [0, 0.05) is 0 Å². The maximum Gasteiger partial charge on any atom is 0.318 e. The number of nitrogens with one attached hydrogen (secondary N) is 1. The highest BCUT2D eigenvalue weighted by atomic mass is 16.5. The summed E-state index contributed by atoms with van der Waals surface area (Å²) in [6, 6.07) is 9.45. The number of piperazine rings is 1. The molecule has 6 nitrogen and oxygen atoms in total. The molecule has 1 aromatic rings. The van der Waals surface area contributed by atoms with E-state index in [-0.39, 0.29) is 30.4 Å². The molecule has 0 aliphatic carbocycles. The number of fused-ring (bicyclic) bond motifs is 1. The second kappa shape index (κ2) is 5.79. The second-order valence-electron chi connectivity index (χ2n) is 5.71. The number of carbonyl (C=O) groups is 3. The van der Waals surface area contributed by atoms with Crippen LogP contribution in [0.25, 0.3) is 0 Å². The monoisotopic (exact) mass is 302 g/mol. The first-order chi connectivity index (χ1) is 10.6. The Bertz CT molecular complexity index is 601. The zero-order chi connectivity index (χ0) is 15.7. The van der Waals surface area contributed by atoms with Gasteiger partial charge in [0.2, 0.25) is 11.8 Å². The van der Waals surface area contributed by atoms with E-state index in [1.54, 1.807) is 0 Å². The predicted molar refractivity (Wildman–Crippen MR) is 77.7 cm³/mol. The van der Waals surface area contributed by atoms with Gasteiger partial charge in [-0.15, -0.1) is 0 Å². The summed E-state index contributed by atoms with van der Waals surface area (Å²) in [6.45, 7) is 0.0162. The number of methoxy groups -OCH3 is 1. The van der Waals surface area contributed by atoms with Gasteiger partial charge in [-0.05, 0) is 18.4 Å². The zero-order valence-corrected chi connectivity index (χ0v) is 12.3. The number of esters is 1. The number of benzene rings is 1. The van der Waals surface area contributed by atoms with Crippen molar-refractivity contribution in [2.45, 2.75) is 24.9 Å². The van der Waals surface area contributed by atoms with Gasteiger partial charge in [0.05, 0.1) is 25.7 Å². The molecule has 0 aromatic heterocycles. The van der Waals surface area contributed by atoms with Crippen LogP contribution in [-0.2, 0) is 25.5 Å². The molecule has 0 radical (unpaired) electrons. The molecule has 1 unspecified atom stereocenters. The van der Waals surface area contributed by atoms with E-state index in [9.17, 15) is 14.4 Å². The summed E-state index contributed by atoms with van der Waals surface area (Å²) in [5.74, 6) is -1.80. The average Bonchev–Trinajstić information content (AvgIpc) is 2.85. The van der Waals surface area contributed by atoms with Crippen LogP contribution < -0.4 is 5.32 Å². The molecule has 0 spiro atoms. The van der Waals surface area contributed by atoms with Crippen molar-refractivity contribution in [2.75, 3.05) is 13.7 Å². The van der Waals surface area contributed by atoms with Crippen molar-refractivity contribution in [1.29, 1.82) is 0 Å². The Kier molecular flexibility index (Phi) is 3.83. The minimum absolute atomic E-state index is 0.0162. The van der Waals surface area contributed by atoms with E-state index >= 15 is 0 Å². The fourth-order valence-electron chi connectivity index (χ4n) is 3.31. The molecule has 1 aromatic carbocycles. The Morgan fingerprint density at radius 2 is 2.05 bits per heavy atom. The number of carbonyl (C=O) groups excluding carboxylic acids is 3. The highest BCUT2D eigenvalue weighted by Crippen LogP contribution is 2.30. The first-order valence-electron chi connectivity index (χ1n) is 7.31. The first kappa shape index (κ1) is 14.6. The summed E-state index contributed by atoms with van der Waals surface area (Å²) in [5, 5.41) is 2.95. The van der Waals surface area contributed by atoms with Crippen molar-refractivity contribution in [3.05, 3.63) is 35.9 Å². The molecule has 116 valence electrons. The van der Waals surface area contributed by atoms with Crippen LogP contribution in [0.3, 0.4) is 0 Å². The molecule has 2 aliphatic heterocycles. The molecule has 2 amide bonds. The summed E-state index contributed by atoms with van der Waals surface area (Å²) in [4.78, 5) is 37.5. The number of ether oxygens (including phenoxy) is 1. The molecule has 2 fully saturated rings. The molecule has 2 aliphatic rings. The van der Waals surface area contributed by atoms with E-state index in [1.165, 1.54) is 12.0 Å². The molecule has 0 bridgehead atoms. The lowest BCUT2D eigenvalue weighted by Crippen LogP contribution is -2.59. The number of rotatable bonds is 3. The maximum absolute atomic E-state index is 12.3. The summed E-state index contributed by atoms with van der Waals surface area (Å²) < 4.78 is 4.70. The number of nitrogens with zero attached hydrogens (tertiary/aromatic N) is 1. The number of amides is 2. The van der Waals surface area contributed by atoms with Gasteiger partial charge < -0.3 is 15.0 Å². The van der Waals surface area contributed by atoms with Crippen LogP contribution in [0.15, 0.2) is 30.3 Å². The van der Waals surface area contributed by atoms with Gasteiger partial charge >= 0.3 is 5.97 Å². The molecule has 0 saturated carbocycles. The molecule has 2 heterocycles. The Balaban J connectivity index is 1.81. The molecule has 22 heavy (non-hydrogen) atoms. The SMILES string of the molecule is COC(=O)C1C[C@@H]2[C@H](Cc3ccccc3)NC(=O)CN2C1=O. The predicted octanol–water partition coefficient (Wildman–Crippen LogP) is 0.118. The number of hydrogen-bond acceptors (Lipinski definition) is 4. The topological polar surface area (TPSA) is 75.7 Å². The number of hydrogen-bond donors (Lipinski definition) is 1. The standard InChI is InChI=1S/C16H18N2O4/c1-22-16(21)11-8-13-12(7-10-5-3-2-4-6-10)17-14(19)9-18(13)15(11)20/h2-6,11-13H,7-9H2,1H3,(H,17,19)/t11?,12-,13+/m0/s1. The van der Waals surface area contributed by atoms with E-state index in [0.717, 1.165) is 5.56 Å². The molecule has 3 atom stereocenters. The molecule has 3 rings (SSSR count). The van der Waals surface area contributed by atoms with Crippen LogP contribution in [0.4, 0.5) is 0 Å². The van der Waals surface area contributed by atoms with Crippen LogP contribution in [0.5, 0.6) is 0 Å². The van der Waals surface area contributed by atoms with Crippen LogP contribution in [-0.4, -0.2) is 48.4 Å². The van der Waals surface area contributed by atoms with Crippen LogP contribution >= 0.6 is 0 Å². The summed E-state index contributed by atoms with van der Waals surface area (Å²) in [5.41, 5.74) is 1.09. The van der Waals surface area contributed by atoms with Gasteiger partial charge in [0.25, 0.3) is 0 Å². The van der Waals surface area contributed by atoms with Crippen molar-refractivity contribution in [2.24, 2.45) is 5.92 Å². The highest BCUT2D eigenvalue weighted by molar-refractivity contribution is 6.01. The Morgan fingerprint density at radius 3 is 2.73 bits per heavy atom. The van der Waals surface area contributed by atoms with E-state index in [4.69, 9.17) is 4.74 Å². The van der Waals surface area contributed by atoms with Crippen LogP contribution in [0.2, 0.25) is 0 Å². The Morgan fingerprint density at radius 1 is 1.32 bits per heavy atom. The summed E-state index contributed by atoms with van der Waals surface area (Å²) in [6.07, 6.45) is 1.03. The van der Waals surface area contributed by atoms with Gasteiger partial charge in [-0.3, -0.25) is 14.4 Å². The third-order valence-corrected chi connectivity index (χ3v) is 4.37. The van der Waals surface area contributed by atoms with Gasteiger partial charge in [-0.25, -0.2) is 0 Å². The zero-order valence-electron chi connectivity index (χ0n) is 12.3. The summed E-state index contributed by atoms with van der Waals surface area (Å²) in [7, 11) is 1.28. The smallest absolute Gasteiger partial charge is 0.318 e. The van der Waals surface area contributed by atoms with Crippen molar-refractivity contribution in [3.63, 3.8) is 0 Å². The average molecular weight is 302 g/mol. The second-order valence-corrected chi connectivity index (χ2v) is 5.71. The van der Waals surface area contributed by atoms with Crippen molar-refractivity contribution < 1.29 is 19.1 Å². The molecule has 6 heteroatoms. The van der Waals surface area contributed by atoms with Gasteiger partial charge in [-0.2, -0.15) is 0 Å². The normalized spacial score (nSPS) is 27.3. The Labute approximate surface area is 128 Å². The third kappa shape index (κ3) is 2.56. The Hall–Kier alpha value is -2.37. The van der Waals surface area contributed by atoms with Crippen molar-refractivity contribution in [1.82, 2.24) is 10.2 Å². The lowest BCUT2D eigenvalue weighted by molar-refractivity contribution is -0.151. The van der Waals surface area contributed by atoms with Crippen LogP contribution in [0.1, 0.15) is 12.0 Å². The molecule has 1 N–H and O–H groups in total. The largest absolute Gasteiger partial charge is 0.468 e.